The first kappa shape index (κ1) is 10.4. The van der Waals surface area contributed by atoms with E-state index in [0.717, 1.165) is 8.58 Å². The molecule has 0 heterocycles. The van der Waals surface area contributed by atoms with Gasteiger partial charge in [-0.25, -0.2) is 0 Å². The second kappa shape index (κ2) is 3.43. The van der Waals surface area contributed by atoms with Gasteiger partial charge in [0.15, 0.2) is 0 Å². The maximum absolute atomic E-state index is 2.26. The third kappa shape index (κ3) is 10.7. The number of hydrogen-bond acceptors (Lipinski definition) is 0. The van der Waals surface area contributed by atoms with E-state index in [2.05, 4.69) is 27.4 Å². The van der Waals surface area contributed by atoms with Crippen molar-refractivity contribution in [3.63, 3.8) is 0 Å². The van der Waals surface area contributed by atoms with Gasteiger partial charge in [0.2, 0.25) is 0 Å². The highest BCUT2D eigenvalue weighted by Gasteiger charge is 2.03. The summed E-state index contributed by atoms with van der Waals surface area (Å²) in [4.78, 5) is 0. The van der Waals surface area contributed by atoms with E-state index < -0.39 is 0 Å². The van der Waals surface area contributed by atoms with Crippen LogP contribution in [0.2, 0.25) is 0 Å². The van der Waals surface area contributed by atoms with E-state index in [4.69, 9.17) is 0 Å². The lowest BCUT2D eigenvalue weighted by Crippen LogP contribution is -2.02. The summed E-state index contributed by atoms with van der Waals surface area (Å²) in [6, 6.07) is 0. The molecule has 0 bridgehead atoms. The molecule has 0 aromatic heterocycles. The molecule has 46 valence electrons. The minimum Gasteiger partial charge on any atom is -0.120 e. The average molecular weight is 120 g/mol. The molecule has 0 N–H and O–H groups in total. The highest BCUT2D eigenvalue weighted by Crippen LogP contribution is 2.25. The third-order valence-corrected chi connectivity index (χ3v) is 2.25. The molecule has 1 unspecified atom stereocenters. The van der Waals surface area contributed by atoms with Crippen LogP contribution in [-0.4, -0.2) is 11.8 Å². The lowest BCUT2D eigenvalue weighted by molar-refractivity contribution is 0.797. The summed E-state index contributed by atoms with van der Waals surface area (Å²) in [6.45, 7) is 9.00. The number of hydrogen-bond donors (Lipinski definition) is 0. The number of rotatable bonds is 0. The van der Waals surface area contributed by atoms with Gasteiger partial charge in [-0.2, -0.15) is 0 Å². The molecule has 0 aliphatic heterocycles. The van der Waals surface area contributed by atoms with Gasteiger partial charge < -0.3 is 0 Å². The lowest BCUT2D eigenvalue weighted by atomic mass is 10.3. The van der Waals surface area contributed by atoms with Crippen LogP contribution in [0.5, 0.6) is 0 Å². The highest BCUT2D eigenvalue weighted by molar-refractivity contribution is 7.38. The molecule has 0 fully saturated rings. The zero-order chi connectivity index (χ0) is 5.21. The highest BCUT2D eigenvalue weighted by atomic mass is 31.1. The molecule has 0 aliphatic rings. The van der Waals surface area contributed by atoms with E-state index in [0.29, 0.717) is 5.16 Å². The molecule has 0 saturated heterocycles. The zero-order valence-electron chi connectivity index (χ0n) is 5.00. The van der Waals surface area contributed by atoms with Crippen molar-refractivity contribution in [2.45, 2.75) is 33.4 Å². The standard InChI is InChI=1S/C5H13P.CH4/c1-5(2,3)6-4;/h6H,1-4H3;1H4. The molecule has 0 aromatic rings. The summed E-state index contributed by atoms with van der Waals surface area (Å²) in [6.07, 6.45) is 0. The molecule has 0 rings (SSSR count). The fourth-order valence-electron chi connectivity index (χ4n) is 0. The van der Waals surface area contributed by atoms with E-state index >= 15 is 0 Å². The van der Waals surface area contributed by atoms with Gasteiger partial charge in [0.1, 0.15) is 0 Å². The molecular formula is C6H17P. The van der Waals surface area contributed by atoms with Crippen molar-refractivity contribution in [3.05, 3.63) is 0 Å². The topological polar surface area (TPSA) is 0 Å². The molecule has 1 atom stereocenters. The smallest absolute Gasteiger partial charge is 0.0209 e. The second-order valence-corrected chi connectivity index (χ2v) is 4.50. The van der Waals surface area contributed by atoms with Crippen molar-refractivity contribution < 1.29 is 0 Å². The van der Waals surface area contributed by atoms with E-state index in [-0.39, 0.29) is 7.43 Å². The first-order valence-electron chi connectivity index (χ1n) is 2.25. The minimum absolute atomic E-state index is 0. The zero-order valence-corrected chi connectivity index (χ0v) is 6.00. The fraction of sp³-hybridized carbons (Fsp3) is 1.00. The Bertz CT molecular complexity index is 33.9. The minimum atomic E-state index is 0. The summed E-state index contributed by atoms with van der Waals surface area (Å²) in [5.74, 6) is 0. The van der Waals surface area contributed by atoms with Gasteiger partial charge in [-0.05, 0) is 11.8 Å². The van der Waals surface area contributed by atoms with E-state index in [9.17, 15) is 0 Å². The van der Waals surface area contributed by atoms with Crippen molar-refractivity contribution in [1.82, 2.24) is 0 Å². The Balaban J connectivity index is 0. The first-order valence-corrected chi connectivity index (χ1v) is 3.75. The molecule has 0 nitrogen and oxygen atoms in total. The predicted octanol–water partition coefficient (Wildman–Crippen LogP) is 2.73. The quantitative estimate of drug-likeness (QED) is 0.431. The first-order chi connectivity index (χ1) is 2.56. The van der Waals surface area contributed by atoms with Gasteiger partial charge >= 0.3 is 0 Å². The molecule has 1 heteroatoms. The van der Waals surface area contributed by atoms with Gasteiger partial charge in [-0.15, -0.1) is 8.58 Å². The monoisotopic (exact) mass is 120 g/mol. The van der Waals surface area contributed by atoms with Gasteiger partial charge in [0, 0.05) is 0 Å². The molecule has 0 spiro atoms. The van der Waals surface area contributed by atoms with Gasteiger partial charge in [0.25, 0.3) is 0 Å². The summed E-state index contributed by atoms with van der Waals surface area (Å²) in [5.41, 5.74) is 0. The molecule has 0 radical (unpaired) electrons. The Labute approximate surface area is 49.5 Å². The Morgan fingerprint density at radius 3 is 1.29 bits per heavy atom. The average Bonchev–Trinajstić information content (AvgIpc) is 1.35. The largest absolute Gasteiger partial charge is 0.120 e. The van der Waals surface area contributed by atoms with Crippen molar-refractivity contribution in [3.8, 4) is 0 Å². The van der Waals surface area contributed by atoms with Crippen LogP contribution in [0.3, 0.4) is 0 Å². The Morgan fingerprint density at radius 1 is 1.14 bits per heavy atom. The van der Waals surface area contributed by atoms with Crippen LogP contribution in [0.4, 0.5) is 0 Å². The molecule has 0 aromatic carbocycles. The van der Waals surface area contributed by atoms with E-state index in [1.165, 1.54) is 0 Å². The Kier molecular flexibility index (Phi) is 5.11. The van der Waals surface area contributed by atoms with E-state index in [1.807, 2.05) is 0 Å². The van der Waals surface area contributed by atoms with Gasteiger partial charge in [0.05, 0.1) is 0 Å². The van der Waals surface area contributed by atoms with Crippen LogP contribution in [-0.2, 0) is 0 Å². The van der Waals surface area contributed by atoms with Crippen molar-refractivity contribution in [2.75, 3.05) is 6.66 Å². The second-order valence-electron chi connectivity index (χ2n) is 2.50. The summed E-state index contributed by atoms with van der Waals surface area (Å²) in [5, 5.41) is 0.569. The SMILES string of the molecule is C.CPC(C)(C)C. The lowest BCUT2D eigenvalue weighted by Gasteiger charge is -2.12. The van der Waals surface area contributed by atoms with Crippen LogP contribution in [0, 0.1) is 0 Å². The van der Waals surface area contributed by atoms with Crippen LogP contribution in [0.25, 0.3) is 0 Å². The van der Waals surface area contributed by atoms with Crippen LogP contribution < -0.4 is 0 Å². The van der Waals surface area contributed by atoms with Gasteiger partial charge in [-0.3, -0.25) is 0 Å². The van der Waals surface area contributed by atoms with Crippen LogP contribution in [0.15, 0.2) is 0 Å². The van der Waals surface area contributed by atoms with Crippen LogP contribution >= 0.6 is 8.58 Å². The van der Waals surface area contributed by atoms with Crippen LogP contribution in [0.1, 0.15) is 28.2 Å². The van der Waals surface area contributed by atoms with E-state index in [1.54, 1.807) is 0 Å². The molecule has 0 amide bonds. The predicted molar refractivity (Wildman–Crippen MR) is 40.7 cm³/mol. The molecular weight excluding hydrogens is 103 g/mol. The van der Waals surface area contributed by atoms with Gasteiger partial charge in [-0.1, -0.05) is 28.2 Å². The molecule has 7 heavy (non-hydrogen) atoms. The summed E-state index contributed by atoms with van der Waals surface area (Å²) in [7, 11) is 1.07. The summed E-state index contributed by atoms with van der Waals surface area (Å²) >= 11 is 0. The Hall–Kier alpha value is 0.430. The maximum atomic E-state index is 2.26. The van der Waals surface area contributed by atoms with Crippen molar-refractivity contribution >= 4 is 8.58 Å². The Morgan fingerprint density at radius 2 is 1.29 bits per heavy atom. The summed E-state index contributed by atoms with van der Waals surface area (Å²) < 4.78 is 0. The molecule has 0 aliphatic carbocycles. The van der Waals surface area contributed by atoms with Crippen molar-refractivity contribution in [2.24, 2.45) is 0 Å². The normalized spacial score (nSPS) is 12.0. The maximum Gasteiger partial charge on any atom is -0.0209 e. The fourth-order valence-corrected chi connectivity index (χ4v) is 0. The van der Waals surface area contributed by atoms with Crippen molar-refractivity contribution in [1.29, 1.82) is 0 Å². The molecule has 0 saturated carbocycles. The third-order valence-electron chi connectivity index (χ3n) is 0.750.